The quantitative estimate of drug-likeness (QED) is 0.775. The zero-order valence-electron chi connectivity index (χ0n) is 15.9. The van der Waals surface area contributed by atoms with E-state index in [1.807, 2.05) is 18.2 Å². The lowest BCUT2D eigenvalue weighted by atomic mass is 9.73. The lowest BCUT2D eigenvalue weighted by Gasteiger charge is -2.46. The summed E-state index contributed by atoms with van der Waals surface area (Å²) in [5.41, 5.74) is 2.29. The third-order valence-electron chi connectivity index (χ3n) is 5.98. The second-order valence-electron chi connectivity index (χ2n) is 7.70. The van der Waals surface area contributed by atoms with Crippen molar-refractivity contribution in [1.82, 2.24) is 4.90 Å². The largest absolute Gasteiger partial charge is 0.379 e. The molecule has 2 atom stereocenters. The van der Waals surface area contributed by atoms with Gasteiger partial charge in [0.25, 0.3) is 0 Å². The van der Waals surface area contributed by atoms with Crippen LogP contribution in [0.1, 0.15) is 49.3 Å². The number of aliphatic hydroxyl groups is 1. The number of benzene rings is 2. The molecule has 0 aromatic heterocycles. The van der Waals surface area contributed by atoms with Crippen molar-refractivity contribution >= 4 is 0 Å². The summed E-state index contributed by atoms with van der Waals surface area (Å²) in [4.78, 5) is 2.50. The number of piperidine rings is 1. The van der Waals surface area contributed by atoms with E-state index in [4.69, 9.17) is 0 Å². The van der Waals surface area contributed by atoms with Gasteiger partial charge in [0.2, 0.25) is 0 Å². The van der Waals surface area contributed by atoms with Gasteiger partial charge in [-0.1, -0.05) is 85.3 Å². The lowest BCUT2D eigenvalue weighted by Crippen LogP contribution is -2.47. The minimum absolute atomic E-state index is 0.0702. The number of likely N-dealkylation sites (tertiary alicyclic amines) is 1. The molecule has 27 heavy (non-hydrogen) atoms. The van der Waals surface area contributed by atoms with Crippen LogP contribution in [0.25, 0.3) is 0 Å². The molecule has 1 aliphatic heterocycles. The van der Waals surface area contributed by atoms with Crippen LogP contribution in [0.2, 0.25) is 0 Å². The van der Waals surface area contributed by atoms with Crippen LogP contribution in [-0.2, 0) is 5.60 Å². The Morgan fingerprint density at radius 3 is 2.15 bits per heavy atom. The summed E-state index contributed by atoms with van der Waals surface area (Å²) < 4.78 is 0. The van der Waals surface area contributed by atoms with Crippen molar-refractivity contribution in [1.29, 1.82) is 0 Å². The first kappa shape index (κ1) is 18.2. The van der Waals surface area contributed by atoms with Gasteiger partial charge < -0.3 is 5.11 Å². The number of rotatable bonds is 5. The van der Waals surface area contributed by atoms with Gasteiger partial charge in [0, 0.05) is 0 Å². The average molecular weight is 360 g/mol. The van der Waals surface area contributed by atoms with E-state index in [1.165, 1.54) is 24.8 Å². The molecular weight excluding hydrogens is 330 g/mol. The summed E-state index contributed by atoms with van der Waals surface area (Å²) in [6, 6.07) is 20.8. The third kappa shape index (κ3) is 3.65. The molecule has 4 rings (SSSR count). The fraction of sp³-hybridized carbons (Fsp3) is 0.360. The van der Waals surface area contributed by atoms with Crippen LogP contribution in [0.15, 0.2) is 84.5 Å². The van der Waals surface area contributed by atoms with Crippen molar-refractivity contribution in [2.24, 2.45) is 0 Å². The zero-order valence-corrected chi connectivity index (χ0v) is 15.9. The summed E-state index contributed by atoms with van der Waals surface area (Å²) in [6.45, 7) is 2.08. The zero-order chi connectivity index (χ0) is 18.5. The molecule has 0 amide bonds. The van der Waals surface area contributed by atoms with Crippen molar-refractivity contribution in [2.75, 3.05) is 13.1 Å². The average Bonchev–Trinajstić information content (AvgIpc) is 2.76. The Hall–Kier alpha value is -2.16. The highest BCUT2D eigenvalue weighted by Crippen LogP contribution is 2.47. The first-order valence-corrected chi connectivity index (χ1v) is 10.2. The normalized spacial score (nSPS) is 21.3. The Kier molecular flexibility index (Phi) is 5.56. The van der Waals surface area contributed by atoms with E-state index in [1.54, 1.807) is 0 Å². The number of allylic oxidation sites excluding steroid dienone is 3. The van der Waals surface area contributed by atoms with E-state index < -0.39 is 5.60 Å². The molecule has 2 aliphatic rings. The minimum Gasteiger partial charge on any atom is -0.379 e. The maximum absolute atomic E-state index is 12.4. The Morgan fingerprint density at radius 2 is 1.52 bits per heavy atom. The van der Waals surface area contributed by atoms with Crippen LogP contribution in [0.5, 0.6) is 0 Å². The monoisotopic (exact) mass is 359 g/mol. The van der Waals surface area contributed by atoms with Gasteiger partial charge in [-0.2, -0.15) is 0 Å². The van der Waals surface area contributed by atoms with Gasteiger partial charge in [-0.25, -0.2) is 0 Å². The van der Waals surface area contributed by atoms with Crippen molar-refractivity contribution in [3.63, 3.8) is 0 Å². The lowest BCUT2D eigenvalue weighted by molar-refractivity contribution is -0.0352. The van der Waals surface area contributed by atoms with Crippen LogP contribution in [0.3, 0.4) is 0 Å². The molecule has 0 saturated carbocycles. The second kappa shape index (κ2) is 8.24. The van der Waals surface area contributed by atoms with E-state index in [-0.39, 0.29) is 6.04 Å². The molecule has 2 aromatic rings. The van der Waals surface area contributed by atoms with Crippen molar-refractivity contribution in [3.8, 4) is 0 Å². The predicted molar refractivity (Wildman–Crippen MR) is 111 cm³/mol. The minimum atomic E-state index is -1.02. The molecule has 0 spiro atoms. The Morgan fingerprint density at radius 1 is 0.852 bits per heavy atom. The van der Waals surface area contributed by atoms with Gasteiger partial charge in [-0.3, -0.25) is 4.90 Å². The number of nitrogens with zero attached hydrogens (tertiary/aromatic N) is 1. The van der Waals surface area contributed by atoms with Gasteiger partial charge >= 0.3 is 0 Å². The molecule has 0 bridgehead atoms. The van der Waals surface area contributed by atoms with Gasteiger partial charge in [0.05, 0.1) is 6.04 Å². The van der Waals surface area contributed by atoms with Crippen molar-refractivity contribution in [2.45, 2.75) is 43.7 Å². The predicted octanol–water partition coefficient (Wildman–Crippen LogP) is 5.38. The summed E-state index contributed by atoms with van der Waals surface area (Å²) in [7, 11) is 0. The fourth-order valence-corrected chi connectivity index (χ4v) is 4.66. The van der Waals surface area contributed by atoms with Crippen LogP contribution in [0, 0.1) is 0 Å². The molecule has 2 aromatic carbocycles. The highest BCUT2D eigenvalue weighted by molar-refractivity contribution is 5.41. The van der Waals surface area contributed by atoms with Gasteiger partial charge in [0.15, 0.2) is 0 Å². The smallest absolute Gasteiger partial charge is 0.131 e. The Labute approximate surface area is 162 Å². The van der Waals surface area contributed by atoms with Gasteiger partial charge in [-0.15, -0.1) is 0 Å². The van der Waals surface area contributed by atoms with Gasteiger partial charge in [-0.05, 0) is 55.5 Å². The van der Waals surface area contributed by atoms with E-state index in [9.17, 15) is 5.11 Å². The standard InChI is InChI=1S/C25H29NO/c27-25(22-15-7-2-8-16-22,23-17-9-3-10-18-23)24(21-13-5-1-6-14-21)26-19-11-4-12-20-26/h1-3,5-9,13-17,24,27H,4,10-12,18-20H2/t24-,25?/m1/s1. The van der Waals surface area contributed by atoms with E-state index >= 15 is 0 Å². The van der Waals surface area contributed by atoms with Crippen LogP contribution in [0.4, 0.5) is 0 Å². The van der Waals surface area contributed by atoms with E-state index in [0.29, 0.717) is 0 Å². The highest BCUT2D eigenvalue weighted by Gasteiger charge is 2.45. The van der Waals surface area contributed by atoms with Gasteiger partial charge in [0.1, 0.15) is 5.60 Å². The topological polar surface area (TPSA) is 23.5 Å². The first-order valence-electron chi connectivity index (χ1n) is 10.2. The molecule has 2 nitrogen and oxygen atoms in total. The molecule has 1 aliphatic carbocycles. The molecule has 1 heterocycles. The molecule has 1 N–H and O–H groups in total. The Bertz CT molecular complexity index is 790. The molecule has 1 unspecified atom stereocenters. The maximum Gasteiger partial charge on any atom is 0.131 e. The summed E-state index contributed by atoms with van der Waals surface area (Å²) in [5, 5.41) is 12.4. The molecular formula is C25H29NO. The third-order valence-corrected chi connectivity index (χ3v) is 5.98. The van der Waals surface area contributed by atoms with Crippen molar-refractivity contribution < 1.29 is 5.11 Å². The number of hydrogen-bond acceptors (Lipinski definition) is 2. The van der Waals surface area contributed by atoms with E-state index in [2.05, 4.69) is 65.6 Å². The summed E-state index contributed by atoms with van der Waals surface area (Å²) >= 11 is 0. The first-order chi connectivity index (χ1) is 13.3. The molecule has 140 valence electrons. The molecule has 1 fully saturated rings. The van der Waals surface area contributed by atoms with Crippen molar-refractivity contribution in [3.05, 3.63) is 95.6 Å². The van der Waals surface area contributed by atoms with Crippen LogP contribution in [-0.4, -0.2) is 23.1 Å². The maximum atomic E-state index is 12.4. The molecule has 1 saturated heterocycles. The van der Waals surface area contributed by atoms with Crippen LogP contribution < -0.4 is 0 Å². The second-order valence-corrected chi connectivity index (χ2v) is 7.70. The summed E-state index contributed by atoms with van der Waals surface area (Å²) in [6.07, 6.45) is 12.0. The molecule has 2 heteroatoms. The Balaban J connectivity index is 1.88. The molecule has 0 radical (unpaired) electrons. The SMILES string of the molecule is OC(C1=CC=CCC1)(c1ccccc1)[C@@H](c1ccccc1)N1CCCCC1. The number of hydrogen-bond donors (Lipinski definition) is 1. The van der Waals surface area contributed by atoms with E-state index in [0.717, 1.165) is 37.1 Å². The fourth-order valence-electron chi connectivity index (χ4n) is 4.66. The van der Waals surface area contributed by atoms with Crippen LogP contribution >= 0.6 is 0 Å². The highest BCUT2D eigenvalue weighted by atomic mass is 16.3. The summed E-state index contributed by atoms with van der Waals surface area (Å²) in [5.74, 6) is 0.